The third kappa shape index (κ3) is 2.54. The predicted octanol–water partition coefficient (Wildman–Crippen LogP) is 4.38. The molecule has 0 bridgehead atoms. The Morgan fingerprint density at radius 2 is 1.81 bits per heavy atom. The largest absolute Gasteiger partial charge is 0.506 e. The van der Waals surface area contributed by atoms with E-state index in [1.54, 1.807) is 18.3 Å². The minimum atomic E-state index is 0.0209. The first kappa shape index (κ1) is 16.1. The number of anilines is 1. The molecule has 6 heteroatoms. The lowest BCUT2D eigenvalue weighted by Gasteiger charge is -2.11. The van der Waals surface area contributed by atoms with Crippen LogP contribution in [0.5, 0.6) is 5.75 Å². The van der Waals surface area contributed by atoms with Crippen LogP contribution in [0.2, 0.25) is 5.02 Å². The van der Waals surface area contributed by atoms with Gasteiger partial charge in [-0.05, 0) is 42.2 Å². The van der Waals surface area contributed by atoms with Crippen molar-refractivity contribution in [3.63, 3.8) is 0 Å². The van der Waals surface area contributed by atoms with Crippen molar-refractivity contribution in [1.82, 2.24) is 14.8 Å². The molecule has 0 saturated heterocycles. The molecule has 0 unspecified atom stereocenters. The molecule has 5 rings (SSSR count). The van der Waals surface area contributed by atoms with Gasteiger partial charge in [0.1, 0.15) is 17.3 Å². The zero-order chi connectivity index (χ0) is 18.5. The molecule has 3 N–H and O–H groups in total. The fourth-order valence-corrected chi connectivity index (χ4v) is 4.08. The van der Waals surface area contributed by atoms with Crippen molar-refractivity contribution < 1.29 is 5.11 Å². The van der Waals surface area contributed by atoms with Gasteiger partial charge in [-0.2, -0.15) is 5.10 Å². The maximum atomic E-state index is 10.0. The maximum absolute atomic E-state index is 10.0. The van der Waals surface area contributed by atoms with E-state index in [1.165, 1.54) is 11.1 Å². The summed E-state index contributed by atoms with van der Waals surface area (Å²) in [5.74, 6) is 0.450. The normalized spacial score (nSPS) is 14.0. The first-order valence-electron chi connectivity index (χ1n) is 8.80. The second-order valence-electron chi connectivity index (χ2n) is 6.88. The number of rotatable bonds is 2. The molecule has 0 atom stereocenters. The van der Waals surface area contributed by atoms with E-state index in [1.807, 2.05) is 16.8 Å². The predicted molar refractivity (Wildman–Crippen MR) is 107 cm³/mol. The highest BCUT2D eigenvalue weighted by atomic mass is 35.5. The fraction of sp³-hybridized carbons (Fsp3) is 0.143. The Morgan fingerprint density at radius 3 is 2.52 bits per heavy atom. The van der Waals surface area contributed by atoms with Crippen LogP contribution < -0.4 is 5.73 Å². The number of phenols is 1. The molecule has 1 aliphatic rings. The highest BCUT2D eigenvalue weighted by Crippen LogP contribution is 2.38. The maximum Gasteiger partial charge on any atom is 0.135 e. The molecule has 1 aliphatic carbocycles. The summed E-state index contributed by atoms with van der Waals surface area (Å²) in [5.41, 5.74) is 11.3. The first-order valence-corrected chi connectivity index (χ1v) is 9.18. The van der Waals surface area contributed by atoms with Gasteiger partial charge in [0.25, 0.3) is 0 Å². The summed E-state index contributed by atoms with van der Waals surface area (Å²) in [7, 11) is 0. The van der Waals surface area contributed by atoms with Gasteiger partial charge in [0.15, 0.2) is 0 Å². The number of nitrogens with two attached hydrogens (primary N) is 1. The molecule has 0 fully saturated rings. The van der Waals surface area contributed by atoms with E-state index >= 15 is 0 Å². The average Bonchev–Trinajstić information content (AvgIpc) is 3.26. The fourth-order valence-electron chi connectivity index (χ4n) is 3.96. The van der Waals surface area contributed by atoms with Crippen LogP contribution >= 0.6 is 11.6 Å². The number of hydrogen-bond acceptors (Lipinski definition) is 4. The van der Waals surface area contributed by atoms with E-state index in [0.29, 0.717) is 16.5 Å². The molecular weight excluding hydrogens is 360 g/mol. The molecule has 4 aromatic rings. The molecule has 0 amide bonds. The number of nitrogen functional groups attached to an aromatic ring is 1. The van der Waals surface area contributed by atoms with Crippen LogP contribution in [0.4, 0.5) is 5.82 Å². The Bertz CT molecular complexity index is 1160. The van der Waals surface area contributed by atoms with Crippen molar-refractivity contribution in [3.8, 4) is 17.0 Å². The van der Waals surface area contributed by atoms with E-state index in [0.717, 1.165) is 29.3 Å². The SMILES string of the molecule is Nc1nccc2c1c(-c1ccc(Cl)c(O)c1)nn2C1Cc2ccccc2C1. The first-order chi connectivity index (χ1) is 13.1. The van der Waals surface area contributed by atoms with Gasteiger partial charge in [-0.15, -0.1) is 0 Å². The summed E-state index contributed by atoms with van der Waals surface area (Å²) in [5, 5.41) is 16.0. The van der Waals surface area contributed by atoms with Crippen LogP contribution in [0.1, 0.15) is 17.2 Å². The second-order valence-corrected chi connectivity index (χ2v) is 7.29. The number of aromatic hydroxyl groups is 1. The summed E-state index contributed by atoms with van der Waals surface area (Å²) in [6, 6.07) is 15.8. The van der Waals surface area contributed by atoms with Crippen LogP contribution in [0.3, 0.4) is 0 Å². The van der Waals surface area contributed by atoms with Gasteiger partial charge < -0.3 is 10.8 Å². The summed E-state index contributed by atoms with van der Waals surface area (Å²) in [4.78, 5) is 4.25. The third-order valence-corrected chi connectivity index (χ3v) is 5.56. The minimum absolute atomic E-state index is 0.0209. The number of benzene rings is 2. The Kier molecular flexibility index (Phi) is 3.58. The zero-order valence-corrected chi connectivity index (χ0v) is 15.2. The van der Waals surface area contributed by atoms with Gasteiger partial charge in [-0.1, -0.05) is 41.9 Å². The minimum Gasteiger partial charge on any atom is -0.506 e. The van der Waals surface area contributed by atoms with Crippen LogP contribution in [0.25, 0.3) is 22.2 Å². The molecule has 5 nitrogen and oxygen atoms in total. The summed E-state index contributed by atoms with van der Waals surface area (Å²) >= 11 is 5.97. The lowest BCUT2D eigenvalue weighted by molar-refractivity contribution is 0.475. The molecule has 0 aliphatic heterocycles. The van der Waals surface area contributed by atoms with E-state index < -0.39 is 0 Å². The van der Waals surface area contributed by atoms with Crippen molar-refractivity contribution in [1.29, 1.82) is 0 Å². The number of phenolic OH excluding ortho intramolecular Hbond substituents is 1. The smallest absolute Gasteiger partial charge is 0.135 e. The quantitative estimate of drug-likeness (QED) is 0.544. The molecule has 2 aromatic heterocycles. The van der Waals surface area contributed by atoms with E-state index in [9.17, 15) is 5.11 Å². The number of hydrogen-bond donors (Lipinski definition) is 2. The molecule has 27 heavy (non-hydrogen) atoms. The Morgan fingerprint density at radius 1 is 1.07 bits per heavy atom. The van der Waals surface area contributed by atoms with Crippen LogP contribution in [0, 0.1) is 0 Å². The topological polar surface area (TPSA) is 77.0 Å². The van der Waals surface area contributed by atoms with Crippen molar-refractivity contribution in [2.24, 2.45) is 0 Å². The Hall–Kier alpha value is -3.05. The van der Waals surface area contributed by atoms with E-state index in [2.05, 4.69) is 29.2 Å². The van der Waals surface area contributed by atoms with Gasteiger partial charge in [0.2, 0.25) is 0 Å². The van der Waals surface area contributed by atoms with Crippen molar-refractivity contribution in [3.05, 3.63) is 70.9 Å². The molecule has 2 heterocycles. The van der Waals surface area contributed by atoms with Gasteiger partial charge >= 0.3 is 0 Å². The number of nitrogens with zero attached hydrogens (tertiary/aromatic N) is 3. The molecule has 134 valence electrons. The lowest BCUT2D eigenvalue weighted by atomic mass is 10.1. The summed E-state index contributed by atoms with van der Waals surface area (Å²) < 4.78 is 2.05. The van der Waals surface area contributed by atoms with Crippen LogP contribution in [-0.4, -0.2) is 19.9 Å². The second kappa shape index (κ2) is 5.99. The highest BCUT2D eigenvalue weighted by molar-refractivity contribution is 6.32. The van der Waals surface area contributed by atoms with Gasteiger partial charge in [-0.25, -0.2) is 4.98 Å². The summed E-state index contributed by atoms with van der Waals surface area (Å²) in [6.45, 7) is 0. The number of fused-ring (bicyclic) bond motifs is 2. The molecular formula is C21H17ClN4O. The van der Waals surface area contributed by atoms with E-state index in [4.69, 9.17) is 22.4 Å². The van der Waals surface area contributed by atoms with Crippen molar-refractivity contribution in [2.75, 3.05) is 5.73 Å². The monoisotopic (exact) mass is 376 g/mol. The average molecular weight is 377 g/mol. The Balaban J connectivity index is 1.69. The van der Waals surface area contributed by atoms with Gasteiger partial charge in [-0.3, -0.25) is 4.68 Å². The van der Waals surface area contributed by atoms with Gasteiger partial charge in [0.05, 0.1) is 22.0 Å². The molecule has 2 aromatic carbocycles. The number of pyridine rings is 1. The molecule has 0 radical (unpaired) electrons. The van der Waals surface area contributed by atoms with Gasteiger partial charge in [0, 0.05) is 11.8 Å². The van der Waals surface area contributed by atoms with Crippen molar-refractivity contribution in [2.45, 2.75) is 18.9 Å². The summed E-state index contributed by atoms with van der Waals surface area (Å²) in [6.07, 6.45) is 3.57. The third-order valence-electron chi connectivity index (χ3n) is 5.24. The van der Waals surface area contributed by atoms with E-state index in [-0.39, 0.29) is 11.8 Å². The van der Waals surface area contributed by atoms with Crippen LogP contribution in [-0.2, 0) is 12.8 Å². The zero-order valence-electron chi connectivity index (χ0n) is 14.4. The number of halogens is 1. The van der Waals surface area contributed by atoms with Crippen molar-refractivity contribution >= 4 is 28.3 Å². The van der Waals surface area contributed by atoms with Crippen LogP contribution in [0.15, 0.2) is 54.7 Å². The number of aromatic nitrogens is 3. The highest BCUT2D eigenvalue weighted by Gasteiger charge is 2.26. The standard InChI is InChI=1S/C21H17ClN4O/c22-16-6-5-14(11-18(16)27)20-19-17(7-8-24-21(19)23)26(25-20)15-9-12-3-1-2-4-13(12)10-15/h1-8,11,15,27H,9-10H2,(H2,23,24). The lowest BCUT2D eigenvalue weighted by Crippen LogP contribution is -2.10. The molecule has 0 saturated carbocycles. The molecule has 0 spiro atoms. The Labute approximate surface area is 161 Å².